The van der Waals surface area contributed by atoms with Crippen LogP contribution >= 0.6 is 0 Å². The van der Waals surface area contributed by atoms with Gasteiger partial charge in [-0.3, -0.25) is 4.90 Å². The summed E-state index contributed by atoms with van der Waals surface area (Å²) in [6.07, 6.45) is 5.40. The lowest BCUT2D eigenvalue weighted by molar-refractivity contribution is -0.0142. The van der Waals surface area contributed by atoms with Crippen LogP contribution in [0.5, 0.6) is 0 Å². The van der Waals surface area contributed by atoms with Gasteiger partial charge in [-0.1, -0.05) is 13.8 Å². The van der Waals surface area contributed by atoms with E-state index < -0.39 is 0 Å². The van der Waals surface area contributed by atoms with Crippen LogP contribution in [0.4, 0.5) is 0 Å². The molecule has 0 aromatic rings. The van der Waals surface area contributed by atoms with E-state index in [0.717, 1.165) is 37.6 Å². The van der Waals surface area contributed by atoms with Crippen LogP contribution in [0.2, 0.25) is 0 Å². The van der Waals surface area contributed by atoms with Crippen molar-refractivity contribution in [3.8, 4) is 0 Å². The van der Waals surface area contributed by atoms with Gasteiger partial charge in [-0.15, -0.1) is 0 Å². The van der Waals surface area contributed by atoms with Crippen molar-refractivity contribution in [1.82, 2.24) is 10.2 Å². The second kappa shape index (κ2) is 7.61. The molecule has 0 radical (unpaired) electrons. The van der Waals surface area contributed by atoms with E-state index in [0.29, 0.717) is 6.04 Å². The molecule has 3 heteroatoms. The molecule has 1 aliphatic carbocycles. The lowest BCUT2D eigenvalue weighted by Gasteiger charge is -2.41. The molecule has 3 nitrogen and oxygen atoms in total. The van der Waals surface area contributed by atoms with Gasteiger partial charge in [0.2, 0.25) is 0 Å². The van der Waals surface area contributed by atoms with E-state index in [9.17, 15) is 0 Å². The average molecular weight is 268 g/mol. The monoisotopic (exact) mass is 268 g/mol. The zero-order valence-electron chi connectivity index (χ0n) is 13.0. The first kappa shape index (κ1) is 15.3. The van der Waals surface area contributed by atoms with E-state index in [-0.39, 0.29) is 0 Å². The molecule has 4 unspecified atom stereocenters. The summed E-state index contributed by atoms with van der Waals surface area (Å²) in [5.41, 5.74) is 0. The van der Waals surface area contributed by atoms with E-state index >= 15 is 0 Å². The maximum absolute atomic E-state index is 5.56. The number of hydrogen-bond acceptors (Lipinski definition) is 3. The van der Waals surface area contributed by atoms with Gasteiger partial charge in [0, 0.05) is 25.2 Å². The lowest BCUT2D eigenvalue weighted by atomic mass is 9.78. The minimum absolute atomic E-state index is 0.595. The van der Waals surface area contributed by atoms with Gasteiger partial charge in [0.15, 0.2) is 0 Å². The molecule has 0 aromatic heterocycles. The molecule has 1 saturated heterocycles. The maximum Gasteiger partial charge on any atom is 0.0619 e. The van der Waals surface area contributed by atoms with E-state index in [1.54, 1.807) is 0 Å². The fourth-order valence-electron chi connectivity index (χ4n) is 3.63. The molecule has 1 aliphatic heterocycles. The summed E-state index contributed by atoms with van der Waals surface area (Å²) in [4.78, 5) is 2.65. The SMILES string of the molecule is CCCNC1CCC(C)CC1CN1CCOCC1C. The Kier molecular flexibility index (Phi) is 6.11. The number of nitrogens with zero attached hydrogens (tertiary/aromatic N) is 1. The average Bonchev–Trinajstić information content (AvgIpc) is 2.40. The predicted octanol–water partition coefficient (Wildman–Crippen LogP) is 2.51. The fourth-order valence-corrected chi connectivity index (χ4v) is 3.63. The third-order valence-electron chi connectivity index (χ3n) is 4.88. The summed E-state index contributed by atoms with van der Waals surface area (Å²) in [6.45, 7) is 12.4. The van der Waals surface area contributed by atoms with Crippen molar-refractivity contribution >= 4 is 0 Å². The van der Waals surface area contributed by atoms with E-state index in [1.165, 1.54) is 38.8 Å². The number of hydrogen-bond donors (Lipinski definition) is 1. The van der Waals surface area contributed by atoms with Gasteiger partial charge in [0.05, 0.1) is 13.2 Å². The summed E-state index contributed by atoms with van der Waals surface area (Å²) in [6, 6.07) is 1.34. The van der Waals surface area contributed by atoms with Crippen molar-refractivity contribution < 1.29 is 4.74 Å². The first-order valence-corrected chi connectivity index (χ1v) is 8.25. The number of morpholine rings is 1. The predicted molar refractivity (Wildman–Crippen MR) is 80.4 cm³/mol. The van der Waals surface area contributed by atoms with Gasteiger partial charge in [0.25, 0.3) is 0 Å². The molecule has 0 aromatic carbocycles. The molecule has 19 heavy (non-hydrogen) atoms. The molecule has 1 N–H and O–H groups in total. The fraction of sp³-hybridized carbons (Fsp3) is 1.00. The largest absolute Gasteiger partial charge is 0.379 e. The van der Waals surface area contributed by atoms with Crippen LogP contribution in [0.1, 0.15) is 46.5 Å². The van der Waals surface area contributed by atoms with Gasteiger partial charge >= 0.3 is 0 Å². The second-order valence-electron chi connectivity index (χ2n) is 6.66. The Morgan fingerprint density at radius 2 is 2.11 bits per heavy atom. The number of nitrogens with one attached hydrogen (secondary N) is 1. The number of rotatable bonds is 5. The molecule has 2 aliphatic rings. The second-order valence-corrected chi connectivity index (χ2v) is 6.66. The van der Waals surface area contributed by atoms with Crippen LogP contribution < -0.4 is 5.32 Å². The van der Waals surface area contributed by atoms with Crippen LogP contribution in [0.3, 0.4) is 0 Å². The molecule has 0 spiro atoms. The van der Waals surface area contributed by atoms with Crippen molar-refractivity contribution in [2.24, 2.45) is 11.8 Å². The van der Waals surface area contributed by atoms with Crippen LogP contribution in [0.25, 0.3) is 0 Å². The molecular formula is C16H32N2O. The zero-order valence-corrected chi connectivity index (χ0v) is 13.0. The standard InChI is InChI=1S/C16H32N2O/c1-4-7-17-16-6-5-13(2)10-15(16)11-18-8-9-19-12-14(18)3/h13-17H,4-12H2,1-3H3. The lowest BCUT2D eigenvalue weighted by Crippen LogP contribution is -2.51. The highest BCUT2D eigenvalue weighted by Crippen LogP contribution is 2.30. The van der Waals surface area contributed by atoms with Crippen LogP contribution in [-0.2, 0) is 4.74 Å². The summed E-state index contributed by atoms with van der Waals surface area (Å²) in [7, 11) is 0. The molecule has 4 atom stereocenters. The quantitative estimate of drug-likeness (QED) is 0.829. The van der Waals surface area contributed by atoms with E-state index in [4.69, 9.17) is 4.74 Å². The summed E-state index contributed by atoms with van der Waals surface area (Å²) in [5.74, 6) is 1.73. The Bertz CT molecular complexity index is 257. The molecule has 0 bridgehead atoms. The highest BCUT2D eigenvalue weighted by atomic mass is 16.5. The first-order chi connectivity index (χ1) is 9.20. The third-order valence-corrected chi connectivity index (χ3v) is 4.88. The van der Waals surface area contributed by atoms with Crippen LogP contribution in [0.15, 0.2) is 0 Å². The van der Waals surface area contributed by atoms with E-state index in [2.05, 4.69) is 31.0 Å². The van der Waals surface area contributed by atoms with Crippen LogP contribution in [0, 0.1) is 11.8 Å². The normalized spacial score (nSPS) is 37.4. The molecule has 0 amide bonds. The molecule has 2 fully saturated rings. The van der Waals surface area contributed by atoms with Gasteiger partial charge in [0.1, 0.15) is 0 Å². The molecule has 1 saturated carbocycles. The Labute approximate surface area is 119 Å². The Morgan fingerprint density at radius 3 is 2.84 bits per heavy atom. The molecule has 2 rings (SSSR count). The van der Waals surface area contributed by atoms with Crippen LogP contribution in [-0.4, -0.2) is 49.8 Å². The van der Waals surface area contributed by atoms with Crippen molar-refractivity contribution in [3.63, 3.8) is 0 Å². The Hall–Kier alpha value is -0.120. The summed E-state index contributed by atoms with van der Waals surface area (Å²) >= 11 is 0. The third kappa shape index (κ3) is 4.44. The Balaban J connectivity index is 1.88. The van der Waals surface area contributed by atoms with Crippen molar-refractivity contribution in [3.05, 3.63) is 0 Å². The van der Waals surface area contributed by atoms with Gasteiger partial charge in [-0.2, -0.15) is 0 Å². The number of ether oxygens (including phenoxy) is 1. The Morgan fingerprint density at radius 1 is 1.26 bits per heavy atom. The van der Waals surface area contributed by atoms with Gasteiger partial charge < -0.3 is 10.1 Å². The highest BCUT2D eigenvalue weighted by Gasteiger charge is 2.31. The topological polar surface area (TPSA) is 24.5 Å². The first-order valence-electron chi connectivity index (χ1n) is 8.25. The minimum atomic E-state index is 0.595. The van der Waals surface area contributed by atoms with Crippen molar-refractivity contribution in [1.29, 1.82) is 0 Å². The highest BCUT2D eigenvalue weighted by molar-refractivity contribution is 4.87. The molecular weight excluding hydrogens is 236 g/mol. The minimum Gasteiger partial charge on any atom is -0.379 e. The zero-order chi connectivity index (χ0) is 13.7. The molecule has 112 valence electrons. The van der Waals surface area contributed by atoms with Gasteiger partial charge in [-0.25, -0.2) is 0 Å². The van der Waals surface area contributed by atoms with E-state index in [1.807, 2.05) is 0 Å². The smallest absolute Gasteiger partial charge is 0.0619 e. The van der Waals surface area contributed by atoms with Gasteiger partial charge in [-0.05, 0) is 51.0 Å². The maximum atomic E-state index is 5.56. The summed E-state index contributed by atoms with van der Waals surface area (Å²) in [5, 5.41) is 3.79. The van der Waals surface area contributed by atoms with Crippen molar-refractivity contribution in [2.75, 3.05) is 32.8 Å². The van der Waals surface area contributed by atoms with Crippen molar-refractivity contribution in [2.45, 2.75) is 58.5 Å². The molecule has 1 heterocycles. The summed E-state index contributed by atoms with van der Waals surface area (Å²) < 4.78 is 5.56.